The van der Waals surface area contributed by atoms with Crippen LogP contribution in [0.5, 0.6) is 0 Å². The number of halogens is 2. The van der Waals surface area contributed by atoms with Crippen LogP contribution in [0.3, 0.4) is 0 Å². The molecule has 0 aliphatic carbocycles. The lowest BCUT2D eigenvalue weighted by molar-refractivity contribution is 0.0687. The number of benzene rings is 1. The molecule has 21 heavy (non-hydrogen) atoms. The van der Waals surface area contributed by atoms with Crippen molar-refractivity contribution in [1.29, 1.82) is 0 Å². The van der Waals surface area contributed by atoms with Crippen LogP contribution < -0.4 is 0 Å². The molecule has 0 spiro atoms. The van der Waals surface area contributed by atoms with Crippen molar-refractivity contribution in [3.05, 3.63) is 51.8 Å². The molecule has 0 fully saturated rings. The SMILES string of the molecule is Cc1cnn2c(C(=O)O)cc(-c3ccc(Cl)c(Cl)c3)nc12. The Morgan fingerprint density at radius 1 is 1.24 bits per heavy atom. The minimum absolute atomic E-state index is 0.0363. The molecule has 0 bridgehead atoms. The summed E-state index contributed by atoms with van der Waals surface area (Å²) in [6.45, 7) is 1.82. The molecule has 106 valence electrons. The van der Waals surface area contributed by atoms with Gasteiger partial charge in [0, 0.05) is 11.1 Å². The zero-order valence-electron chi connectivity index (χ0n) is 10.8. The maximum atomic E-state index is 11.4. The van der Waals surface area contributed by atoms with Crippen LogP contribution >= 0.6 is 23.2 Å². The first kappa shape index (κ1) is 13.9. The molecule has 0 amide bonds. The van der Waals surface area contributed by atoms with Crippen molar-refractivity contribution >= 4 is 34.8 Å². The van der Waals surface area contributed by atoms with E-state index in [-0.39, 0.29) is 5.69 Å². The average Bonchev–Trinajstić information content (AvgIpc) is 2.82. The van der Waals surface area contributed by atoms with E-state index in [2.05, 4.69) is 10.1 Å². The number of nitrogens with zero attached hydrogens (tertiary/aromatic N) is 3. The summed E-state index contributed by atoms with van der Waals surface area (Å²) in [4.78, 5) is 15.8. The van der Waals surface area contributed by atoms with Gasteiger partial charge in [0.15, 0.2) is 11.3 Å². The van der Waals surface area contributed by atoms with Crippen molar-refractivity contribution in [1.82, 2.24) is 14.6 Å². The van der Waals surface area contributed by atoms with E-state index in [9.17, 15) is 9.90 Å². The van der Waals surface area contributed by atoms with Gasteiger partial charge in [-0.05, 0) is 25.1 Å². The van der Waals surface area contributed by atoms with Crippen molar-refractivity contribution in [3.8, 4) is 11.3 Å². The van der Waals surface area contributed by atoms with Crippen molar-refractivity contribution in [2.75, 3.05) is 0 Å². The van der Waals surface area contributed by atoms with Gasteiger partial charge in [0.25, 0.3) is 0 Å². The topological polar surface area (TPSA) is 67.5 Å². The average molecular weight is 322 g/mol. The zero-order chi connectivity index (χ0) is 15.1. The van der Waals surface area contributed by atoms with Crippen LogP contribution in [-0.2, 0) is 0 Å². The van der Waals surface area contributed by atoms with Gasteiger partial charge in [0.2, 0.25) is 0 Å². The lowest BCUT2D eigenvalue weighted by Crippen LogP contribution is -2.08. The molecular weight excluding hydrogens is 313 g/mol. The Bertz CT molecular complexity index is 874. The molecule has 3 rings (SSSR count). The van der Waals surface area contributed by atoms with Crippen LogP contribution in [0.1, 0.15) is 16.1 Å². The highest BCUT2D eigenvalue weighted by Crippen LogP contribution is 2.28. The molecular formula is C14H9Cl2N3O2. The third-order valence-corrected chi connectivity index (χ3v) is 3.82. The van der Waals surface area contributed by atoms with E-state index in [0.717, 1.165) is 5.56 Å². The van der Waals surface area contributed by atoms with Gasteiger partial charge in [0.1, 0.15) is 0 Å². The zero-order valence-corrected chi connectivity index (χ0v) is 12.4. The molecule has 5 nitrogen and oxygen atoms in total. The van der Waals surface area contributed by atoms with E-state index in [1.54, 1.807) is 24.4 Å². The molecule has 2 heterocycles. The molecule has 0 aliphatic heterocycles. The largest absolute Gasteiger partial charge is 0.477 e. The van der Waals surface area contributed by atoms with E-state index in [1.807, 2.05) is 6.92 Å². The van der Waals surface area contributed by atoms with Crippen LogP contribution in [0.15, 0.2) is 30.5 Å². The number of rotatable bonds is 2. The third kappa shape index (κ3) is 2.34. The maximum absolute atomic E-state index is 11.4. The Hall–Kier alpha value is -2.11. The molecule has 1 aromatic carbocycles. The fourth-order valence-electron chi connectivity index (χ4n) is 2.03. The van der Waals surface area contributed by atoms with E-state index in [0.29, 0.717) is 26.9 Å². The number of aryl methyl sites for hydroxylation is 1. The fourth-order valence-corrected chi connectivity index (χ4v) is 2.33. The van der Waals surface area contributed by atoms with Crippen LogP contribution in [0.4, 0.5) is 0 Å². The number of fused-ring (bicyclic) bond motifs is 1. The summed E-state index contributed by atoms with van der Waals surface area (Å²) < 4.78 is 1.30. The lowest BCUT2D eigenvalue weighted by atomic mass is 10.1. The second-order valence-corrected chi connectivity index (χ2v) is 5.34. The summed E-state index contributed by atoms with van der Waals surface area (Å²) in [5.74, 6) is -1.08. The van der Waals surface area contributed by atoms with Crippen LogP contribution in [-0.4, -0.2) is 25.7 Å². The maximum Gasteiger partial charge on any atom is 0.354 e. The number of carbonyl (C=O) groups is 1. The Morgan fingerprint density at radius 2 is 2.00 bits per heavy atom. The molecule has 0 radical (unpaired) electrons. The molecule has 0 unspecified atom stereocenters. The highest BCUT2D eigenvalue weighted by atomic mass is 35.5. The molecule has 7 heteroatoms. The number of carboxylic acids is 1. The van der Waals surface area contributed by atoms with Crippen molar-refractivity contribution in [3.63, 3.8) is 0 Å². The van der Waals surface area contributed by atoms with Gasteiger partial charge in [0.05, 0.1) is 21.9 Å². The van der Waals surface area contributed by atoms with Crippen LogP contribution in [0.25, 0.3) is 16.9 Å². The first-order valence-corrected chi connectivity index (χ1v) is 6.77. The second kappa shape index (κ2) is 5.02. The number of hydrogen-bond donors (Lipinski definition) is 1. The van der Waals surface area contributed by atoms with Gasteiger partial charge < -0.3 is 5.11 Å². The standard InChI is InChI=1S/C14H9Cl2N3O2/c1-7-6-17-19-12(14(20)21)5-11(18-13(7)19)8-2-3-9(15)10(16)4-8/h2-6H,1H3,(H,20,21). The second-order valence-electron chi connectivity index (χ2n) is 4.52. The number of aromatic nitrogens is 3. The molecule has 0 saturated heterocycles. The van der Waals surface area contributed by atoms with Gasteiger partial charge in [-0.3, -0.25) is 0 Å². The van der Waals surface area contributed by atoms with Gasteiger partial charge in [-0.25, -0.2) is 14.3 Å². The Morgan fingerprint density at radius 3 is 2.67 bits per heavy atom. The number of aromatic carboxylic acids is 1. The Labute approximate surface area is 129 Å². The smallest absolute Gasteiger partial charge is 0.354 e. The van der Waals surface area contributed by atoms with E-state index in [1.165, 1.54) is 10.6 Å². The van der Waals surface area contributed by atoms with E-state index in [4.69, 9.17) is 23.2 Å². The summed E-state index contributed by atoms with van der Waals surface area (Å²) >= 11 is 11.9. The third-order valence-electron chi connectivity index (χ3n) is 3.08. The van der Waals surface area contributed by atoms with E-state index >= 15 is 0 Å². The minimum atomic E-state index is -1.08. The van der Waals surface area contributed by atoms with Crippen LogP contribution in [0.2, 0.25) is 10.0 Å². The predicted molar refractivity (Wildman–Crippen MR) is 80.1 cm³/mol. The molecule has 0 atom stereocenters. The summed E-state index contributed by atoms with van der Waals surface area (Å²) in [6.07, 6.45) is 1.58. The minimum Gasteiger partial charge on any atom is -0.477 e. The van der Waals surface area contributed by atoms with E-state index < -0.39 is 5.97 Å². The van der Waals surface area contributed by atoms with Gasteiger partial charge >= 0.3 is 5.97 Å². The highest BCUT2D eigenvalue weighted by molar-refractivity contribution is 6.42. The lowest BCUT2D eigenvalue weighted by Gasteiger charge is -2.06. The van der Waals surface area contributed by atoms with Crippen molar-refractivity contribution < 1.29 is 9.90 Å². The summed E-state index contributed by atoms with van der Waals surface area (Å²) in [6, 6.07) is 6.50. The highest BCUT2D eigenvalue weighted by Gasteiger charge is 2.15. The van der Waals surface area contributed by atoms with Crippen molar-refractivity contribution in [2.45, 2.75) is 6.92 Å². The van der Waals surface area contributed by atoms with Gasteiger partial charge in [-0.15, -0.1) is 0 Å². The first-order valence-electron chi connectivity index (χ1n) is 6.01. The molecule has 2 aromatic heterocycles. The summed E-state index contributed by atoms with van der Waals surface area (Å²) in [7, 11) is 0. The molecule has 3 aromatic rings. The Kier molecular flexibility index (Phi) is 3.31. The molecule has 0 saturated carbocycles. The number of carboxylic acid groups (broad SMARTS) is 1. The molecule has 0 aliphatic rings. The summed E-state index contributed by atoms with van der Waals surface area (Å²) in [5.41, 5.74) is 2.52. The van der Waals surface area contributed by atoms with Crippen molar-refractivity contribution in [2.24, 2.45) is 0 Å². The monoisotopic (exact) mass is 321 g/mol. The fraction of sp³-hybridized carbons (Fsp3) is 0.0714. The van der Waals surface area contributed by atoms with Gasteiger partial charge in [-0.1, -0.05) is 29.3 Å². The Balaban J connectivity index is 2.29. The first-order chi connectivity index (χ1) is 9.97. The van der Waals surface area contributed by atoms with Crippen LogP contribution in [0, 0.1) is 6.92 Å². The normalized spacial score (nSPS) is 11.0. The quantitative estimate of drug-likeness (QED) is 0.781. The summed E-state index contributed by atoms with van der Waals surface area (Å²) in [5, 5.41) is 14.2. The predicted octanol–water partition coefficient (Wildman–Crippen LogP) is 3.71. The van der Waals surface area contributed by atoms with Gasteiger partial charge in [-0.2, -0.15) is 5.10 Å². The molecule has 1 N–H and O–H groups in total. The number of hydrogen-bond acceptors (Lipinski definition) is 3.